The number of aliphatic hydroxyl groups excluding tert-OH is 1. The van der Waals surface area contributed by atoms with Crippen LogP contribution in [0.5, 0.6) is 5.75 Å². The Hall–Kier alpha value is -1.88. The summed E-state index contributed by atoms with van der Waals surface area (Å²) < 4.78 is 10.4. The van der Waals surface area contributed by atoms with Gasteiger partial charge in [0.05, 0.1) is 13.2 Å². The first kappa shape index (κ1) is 19.4. The van der Waals surface area contributed by atoms with Crippen molar-refractivity contribution in [2.45, 2.75) is 25.5 Å². The lowest BCUT2D eigenvalue weighted by atomic mass is 10.1. The zero-order chi connectivity index (χ0) is 17.9. The molecular weight excluding hydrogens is 314 g/mol. The summed E-state index contributed by atoms with van der Waals surface area (Å²) in [4.78, 5) is 2.29. The quantitative estimate of drug-likeness (QED) is 0.637. The molecule has 0 heterocycles. The molecule has 0 aliphatic carbocycles. The number of benzene rings is 2. The van der Waals surface area contributed by atoms with E-state index in [-0.39, 0.29) is 6.10 Å². The molecule has 0 saturated heterocycles. The van der Waals surface area contributed by atoms with Crippen LogP contribution in [0.1, 0.15) is 17.5 Å². The van der Waals surface area contributed by atoms with Crippen molar-refractivity contribution in [1.82, 2.24) is 4.90 Å². The molecule has 4 heteroatoms. The molecule has 0 radical (unpaired) electrons. The van der Waals surface area contributed by atoms with Crippen LogP contribution in [0.15, 0.2) is 54.6 Å². The highest BCUT2D eigenvalue weighted by molar-refractivity contribution is 5.27. The Balaban J connectivity index is 1.93. The van der Waals surface area contributed by atoms with Gasteiger partial charge in [-0.2, -0.15) is 0 Å². The van der Waals surface area contributed by atoms with Gasteiger partial charge in [0.2, 0.25) is 0 Å². The number of aliphatic hydroxyl groups is 1. The third-order valence-corrected chi connectivity index (χ3v) is 4.17. The van der Waals surface area contributed by atoms with Gasteiger partial charge in [0.25, 0.3) is 0 Å². The van der Waals surface area contributed by atoms with Gasteiger partial charge >= 0.3 is 0 Å². The summed E-state index contributed by atoms with van der Waals surface area (Å²) in [5, 5.41) is 10.5. The highest BCUT2D eigenvalue weighted by atomic mass is 16.5. The molecule has 0 amide bonds. The molecule has 2 aromatic rings. The van der Waals surface area contributed by atoms with Gasteiger partial charge in [-0.1, -0.05) is 42.5 Å². The molecule has 136 valence electrons. The fraction of sp³-hybridized carbons (Fsp3) is 0.429. The Bertz CT molecular complexity index is 586. The predicted octanol–water partition coefficient (Wildman–Crippen LogP) is 3.14. The minimum atomic E-state index is -0.386. The standard InChI is InChI=1S/C21H29NO3/c1-24-14-6-13-22(16-19-9-11-21(25-2)12-10-19)17-20(23)15-18-7-4-3-5-8-18/h3-5,7-12,20,23H,6,13-17H2,1-2H3/t20-/m1/s1. The van der Waals surface area contributed by atoms with Gasteiger partial charge in [-0.3, -0.25) is 4.90 Å². The summed E-state index contributed by atoms with van der Waals surface area (Å²) >= 11 is 0. The van der Waals surface area contributed by atoms with E-state index in [9.17, 15) is 5.11 Å². The number of nitrogens with zero attached hydrogens (tertiary/aromatic N) is 1. The van der Waals surface area contributed by atoms with Crippen LogP contribution in [0.2, 0.25) is 0 Å². The maximum Gasteiger partial charge on any atom is 0.118 e. The van der Waals surface area contributed by atoms with E-state index in [0.717, 1.165) is 37.4 Å². The lowest BCUT2D eigenvalue weighted by molar-refractivity contribution is 0.0994. The summed E-state index contributed by atoms with van der Waals surface area (Å²) in [5.74, 6) is 0.860. The van der Waals surface area contributed by atoms with Crippen LogP contribution in [0.25, 0.3) is 0 Å². The normalized spacial score (nSPS) is 12.3. The van der Waals surface area contributed by atoms with Gasteiger partial charge in [0, 0.05) is 33.4 Å². The summed E-state index contributed by atoms with van der Waals surface area (Å²) in [6.45, 7) is 3.07. The molecule has 2 aromatic carbocycles. The second-order valence-electron chi connectivity index (χ2n) is 6.27. The monoisotopic (exact) mass is 343 g/mol. The van der Waals surface area contributed by atoms with Gasteiger partial charge in [-0.25, -0.2) is 0 Å². The van der Waals surface area contributed by atoms with E-state index in [2.05, 4.69) is 29.2 Å². The van der Waals surface area contributed by atoms with Crippen LogP contribution in [0.4, 0.5) is 0 Å². The molecule has 2 rings (SSSR count). The maximum atomic E-state index is 10.5. The Kier molecular flexibility index (Phi) is 8.46. The predicted molar refractivity (Wildman–Crippen MR) is 101 cm³/mol. The summed E-state index contributed by atoms with van der Waals surface area (Å²) in [5.41, 5.74) is 2.38. The molecule has 0 aliphatic heterocycles. The van der Waals surface area contributed by atoms with E-state index in [1.54, 1.807) is 14.2 Å². The first-order valence-electron chi connectivity index (χ1n) is 8.77. The highest BCUT2D eigenvalue weighted by Crippen LogP contribution is 2.14. The number of ether oxygens (including phenoxy) is 2. The number of hydrogen-bond donors (Lipinski definition) is 1. The smallest absolute Gasteiger partial charge is 0.118 e. The van der Waals surface area contributed by atoms with Crippen LogP contribution in [-0.4, -0.2) is 50.0 Å². The SMILES string of the molecule is COCCCN(Cc1ccc(OC)cc1)C[C@H](O)Cc1ccccc1. The van der Waals surface area contributed by atoms with Crippen LogP contribution >= 0.6 is 0 Å². The van der Waals surface area contributed by atoms with Crippen molar-refractivity contribution in [1.29, 1.82) is 0 Å². The average molecular weight is 343 g/mol. The molecule has 0 fully saturated rings. The average Bonchev–Trinajstić information content (AvgIpc) is 2.63. The molecule has 25 heavy (non-hydrogen) atoms. The molecule has 1 atom stereocenters. The van der Waals surface area contributed by atoms with Gasteiger partial charge < -0.3 is 14.6 Å². The highest BCUT2D eigenvalue weighted by Gasteiger charge is 2.13. The van der Waals surface area contributed by atoms with Crippen molar-refractivity contribution in [3.05, 3.63) is 65.7 Å². The first-order valence-corrected chi connectivity index (χ1v) is 8.77. The lowest BCUT2D eigenvalue weighted by Crippen LogP contribution is -2.34. The first-order chi connectivity index (χ1) is 12.2. The van der Waals surface area contributed by atoms with E-state index < -0.39 is 0 Å². The van der Waals surface area contributed by atoms with Gasteiger partial charge in [-0.05, 0) is 36.1 Å². The van der Waals surface area contributed by atoms with Crippen molar-refractivity contribution in [3.63, 3.8) is 0 Å². The number of methoxy groups -OCH3 is 2. The van der Waals surface area contributed by atoms with Crippen molar-refractivity contribution >= 4 is 0 Å². The lowest BCUT2D eigenvalue weighted by Gasteiger charge is -2.25. The summed E-state index contributed by atoms with van der Waals surface area (Å²) in [6, 6.07) is 18.2. The van der Waals surface area contributed by atoms with Crippen molar-refractivity contribution in [2.75, 3.05) is 33.9 Å². The molecule has 0 aromatic heterocycles. The fourth-order valence-corrected chi connectivity index (χ4v) is 2.91. The zero-order valence-electron chi connectivity index (χ0n) is 15.2. The molecule has 0 bridgehead atoms. The molecule has 0 saturated carbocycles. The molecule has 0 unspecified atom stereocenters. The Morgan fingerprint density at radius 2 is 1.68 bits per heavy atom. The minimum absolute atomic E-state index is 0.386. The van der Waals surface area contributed by atoms with E-state index in [1.807, 2.05) is 30.3 Å². The maximum absolute atomic E-state index is 10.5. The molecule has 4 nitrogen and oxygen atoms in total. The zero-order valence-corrected chi connectivity index (χ0v) is 15.2. The molecule has 1 N–H and O–H groups in total. The Morgan fingerprint density at radius 1 is 0.960 bits per heavy atom. The fourth-order valence-electron chi connectivity index (χ4n) is 2.91. The third-order valence-electron chi connectivity index (χ3n) is 4.17. The van der Waals surface area contributed by atoms with E-state index in [1.165, 1.54) is 5.56 Å². The Labute approximate surface area is 151 Å². The van der Waals surface area contributed by atoms with Gasteiger partial charge in [0.15, 0.2) is 0 Å². The van der Waals surface area contributed by atoms with Gasteiger partial charge in [0.1, 0.15) is 5.75 Å². The van der Waals surface area contributed by atoms with Crippen molar-refractivity contribution in [2.24, 2.45) is 0 Å². The van der Waals surface area contributed by atoms with Crippen LogP contribution in [0.3, 0.4) is 0 Å². The minimum Gasteiger partial charge on any atom is -0.497 e. The third kappa shape index (κ3) is 7.26. The number of rotatable bonds is 11. The van der Waals surface area contributed by atoms with E-state index >= 15 is 0 Å². The summed E-state index contributed by atoms with van der Waals surface area (Å²) in [7, 11) is 3.39. The van der Waals surface area contributed by atoms with Crippen LogP contribution in [0, 0.1) is 0 Å². The van der Waals surface area contributed by atoms with Gasteiger partial charge in [-0.15, -0.1) is 0 Å². The summed E-state index contributed by atoms with van der Waals surface area (Å²) in [6.07, 6.45) is 1.23. The number of hydrogen-bond acceptors (Lipinski definition) is 4. The van der Waals surface area contributed by atoms with E-state index in [0.29, 0.717) is 13.0 Å². The van der Waals surface area contributed by atoms with Crippen LogP contribution in [-0.2, 0) is 17.7 Å². The molecular formula is C21H29NO3. The topological polar surface area (TPSA) is 41.9 Å². The van der Waals surface area contributed by atoms with Crippen molar-refractivity contribution in [3.8, 4) is 5.75 Å². The second-order valence-corrected chi connectivity index (χ2v) is 6.27. The molecule has 0 aliphatic rings. The Morgan fingerprint density at radius 3 is 2.32 bits per heavy atom. The molecule has 0 spiro atoms. The largest absolute Gasteiger partial charge is 0.497 e. The van der Waals surface area contributed by atoms with Crippen LogP contribution < -0.4 is 4.74 Å². The van der Waals surface area contributed by atoms with Crippen molar-refractivity contribution < 1.29 is 14.6 Å². The van der Waals surface area contributed by atoms with E-state index in [4.69, 9.17) is 9.47 Å². The second kappa shape index (κ2) is 10.9.